The Bertz CT molecular complexity index is 403. The Morgan fingerprint density at radius 3 is 2.81 bits per heavy atom. The molecule has 0 saturated carbocycles. The number of aromatic nitrogens is 4. The van der Waals surface area contributed by atoms with Crippen molar-refractivity contribution in [1.29, 1.82) is 0 Å². The van der Waals surface area contributed by atoms with Gasteiger partial charge in [0.2, 0.25) is 11.8 Å². The Kier molecular flexibility index (Phi) is 2.65. The van der Waals surface area contributed by atoms with Crippen LogP contribution in [0.4, 0.5) is 0 Å². The number of amides is 2. The molecule has 8 heteroatoms. The van der Waals surface area contributed by atoms with E-state index in [2.05, 4.69) is 25.9 Å². The summed E-state index contributed by atoms with van der Waals surface area (Å²) in [6, 6.07) is -0.724. The van der Waals surface area contributed by atoms with Gasteiger partial charge in [0.25, 0.3) is 0 Å². The molecule has 16 heavy (non-hydrogen) atoms. The molecular formula is C8H12N6O2. The summed E-state index contributed by atoms with van der Waals surface area (Å²) in [5, 5.41) is 16.4. The van der Waals surface area contributed by atoms with Gasteiger partial charge in [0.05, 0.1) is 18.5 Å². The van der Waals surface area contributed by atoms with Gasteiger partial charge >= 0.3 is 0 Å². The smallest absolute Gasteiger partial charge is 0.246 e. The summed E-state index contributed by atoms with van der Waals surface area (Å²) >= 11 is 0. The highest BCUT2D eigenvalue weighted by Gasteiger charge is 2.36. The van der Waals surface area contributed by atoms with Crippen LogP contribution in [-0.2, 0) is 9.59 Å². The van der Waals surface area contributed by atoms with Crippen LogP contribution in [0.25, 0.3) is 0 Å². The number of aromatic amines is 1. The summed E-state index contributed by atoms with van der Waals surface area (Å²) in [6.07, 6.45) is 0.178. The van der Waals surface area contributed by atoms with Crippen molar-refractivity contribution in [1.82, 2.24) is 30.8 Å². The Labute approximate surface area is 91.4 Å². The van der Waals surface area contributed by atoms with Gasteiger partial charge in [0.1, 0.15) is 0 Å². The fourth-order valence-corrected chi connectivity index (χ4v) is 1.62. The standard InChI is InChI=1S/C8H12N6O2/c1-4(7-10-12-13-11-7)9-5-3-6(15)14(2)8(5)16/h4-5,9H,3H2,1-2H3,(H,10,11,12,13). The van der Waals surface area contributed by atoms with E-state index in [9.17, 15) is 9.59 Å². The van der Waals surface area contributed by atoms with E-state index in [1.807, 2.05) is 0 Å². The molecule has 1 aliphatic rings. The molecule has 0 aromatic carbocycles. The summed E-state index contributed by atoms with van der Waals surface area (Å²) < 4.78 is 0. The van der Waals surface area contributed by atoms with Crippen LogP contribution in [0.1, 0.15) is 25.2 Å². The molecule has 1 aromatic rings. The van der Waals surface area contributed by atoms with E-state index in [0.29, 0.717) is 5.82 Å². The Morgan fingerprint density at radius 2 is 2.31 bits per heavy atom. The number of nitrogens with one attached hydrogen (secondary N) is 2. The van der Waals surface area contributed by atoms with E-state index in [1.165, 1.54) is 7.05 Å². The Morgan fingerprint density at radius 1 is 1.56 bits per heavy atom. The molecule has 86 valence electrons. The van der Waals surface area contributed by atoms with Crippen LogP contribution in [0.15, 0.2) is 0 Å². The minimum Gasteiger partial charge on any atom is -0.296 e. The topological polar surface area (TPSA) is 104 Å². The molecule has 2 heterocycles. The first kappa shape index (κ1) is 10.7. The van der Waals surface area contributed by atoms with Crippen molar-refractivity contribution in [3.05, 3.63) is 5.82 Å². The van der Waals surface area contributed by atoms with Crippen LogP contribution >= 0.6 is 0 Å². The van der Waals surface area contributed by atoms with Crippen molar-refractivity contribution in [2.75, 3.05) is 7.05 Å². The molecule has 1 saturated heterocycles. The van der Waals surface area contributed by atoms with Crippen molar-refractivity contribution >= 4 is 11.8 Å². The third kappa shape index (κ3) is 1.78. The van der Waals surface area contributed by atoms with Crippen molar-refractivity contribution in [3.63, 3.8) is 0 Å². The lowest BCUT2D eigenvalue weighted by Gasteiger charge is -2.14. The monoisotopic (exact) mass is 224 g/mol. The fourth-order valence-electron chi connectivity index (χ4n) is 1.62. The van der Waals surface area contributed by atoms with Gasteiger partial charge in [-0.15, -0.1) is 10.2 Å². The van der Waals surface area contributed by atoms with Gasteiger partial charge in [-0.3, -0.25) is 19.8 Å². The van der Waals surface area contributed by atoms with Crippen LogP contribution in [0.5, 0.6) is 0 Å². The molecular weight excluding hydrogens is 212 g/mol. The number of hydrogen-bond donors (Lipinski definition) is 2. The Balaban J connectivity index is 2.01. The number of carbonyl (C=O) groups is 2. The average Bonchev–Trinajstić information content (AvgIpc) is 2.85. The molecule has 0 radical (unpaired) electrons. The van der Waals surface area contributed by atoms with Gasteiger partial charge in [-0.25, -0.2) is 0 Å². The zero-order chi connectivity index (χ0) is 11.7. The lowest BCUT2D eigenvalue weighted by molar-refractivity contribution is -0.137. The van der Waals surface area contributed by atoms with Gasteiger partial charge in [-0.1, -0.05) is 5.21 Å². The highest BCUT2D eigenvalue weighted by Crippen LogP contribution is 2.14. The second-order valence-electron chi connectivity index (χ2n) is 3.71. The molecule has 0 aliphatic carbocycles. The molecule has 0 bridgehead atoms. The molecule has 2 rings (SSSR count). The molecule has 0 spiro atoms. The highest BCUT2D eigenvalue weighted by atomic mass is 16.2. The van der Waals surface area contributed by atoms with Crippen molar-refractivity contribution in [3.8, 4) is 0 Å². The zero-order valence-corrected chi connectivity index (χ0v) is 8.97. The molecule has 1 fully saturated rings. The second kappa shape index (κ2) is 3.97. The molecule has 2 unspecified atom stereocenters. The minimum atomic E-state index is -0.494. The molecule has 2 amide bonds. The van der Waals surface area contributed by atoms with E-state index in [4.69, 9.17) is 0 Å². The first-order valence-electron chi connectivity index (χ1n) is 4.89. The first-order valence-corrected chi connectivity index (χ1v) is 4.89. The summed E-state index contributed by atoms with van der Waals surface area (Å²) in [5.74, 6) is 0.0676. The largest absolute Gasteiger partial charge is 0.296 e. The number of nitrogens with zero attached hydrogens (tertiary/aromatic N) is 4. The van der Waals surface area contributed by atoms with Gasteiger partial charge in [-0.05, 0) is 6.92 Å². The first-order chi connectivity index (χ1) is 7.59. The summed E-state index contributed by atoms with van der Waals surface area (Å²) in [4.78, 5) is 24.0. The normalized spacial score (nSPS) is 22.9. The average molecular weight is 224 g/mol. The highest BCUT2D eigenvalue weighted by molar-refractivity contribution is 6.05. The lowest BCUT2D eigenvalue weighted by Crippen LogP contribution is -2.38. The maximum atomic E-state index is 11.6. The minimum absolute atomic E-state index is 0.178. The maximum Gasteiger partial charge on any atom is 0.246 e. The molecule has 8 nitrogen and oxygen atoms in total. The molecule has 1 aliphatic heterocycles. The van der Waals surface area contributed by atoms with Gasteiger partial charge in [0, 0.05) is 7.05 Å². The van der Waals surface area contributed by atoms with Gasteiger partial charge in [-0.2, -0.15) is 5.21 Å². The van der Waals surface area contributed by atoms with Crippen LogP contribution in [0.2, 0.25) is 0 Å². The number of likely N-dealkylation sites (tertiary alicyclic amines) is 1. The van der Waals surface area contributed by atoms with E-state index < -0.39 is 6.04 Å². The second-order valence-corrected chi connectivity index (χ2v) is 3.71. The lowest BCUT2D eigenvalue weighted by atomic mass is 10.2. The van der Waals surface area contributed by atoms with Gasteiger partial charge < -0.3 is 0 Å². The summed E-state index contributed by atoms with van der Waals surface area (Å²) in [5.41, 5.74) is 0. The fraction of sp³-hybridized carbons (Fsp3) is 0.625. The number of likely N-dealkylation sites (N-methyl/N-ethyl adjacent to an activating group) is 1. The summed E-state index contributed by atoms with van der Waals surface area (Å²) in [6.45, 7) is 1.81. The van der Waals surface area contributed by atoms with E-state index in [-0.39, 0.29) is 24.3 Å². The third-order valence-electron chi connectivity index (χ3n) is 2.58. The van der Waals surface area contributed by atoms with Crippen LogP contribution < -0.4 is 5.32 Å². The predicted molar refractivity (Wildman–Crippen MR) is 51.9 cm³/mol. The van der Waals surface area contributed by atoms with Crippen LogP contribution in [0.3, 0.4) is 0 Å². The zero-order valence-electron chi connectivity index (χ0n) is 8.97. The van der Waals surface area contributed by atoms with Crippen LogP contribution in [0, 0.1) is 0 Å². The number of imide groups is 1. The van der Waals surface area contributed by atoms with Crippen molar-refractivity contribution in [2.24, 2.45) is 0 Å². The van der Waals surface area contributed by atoms with E-state index >= 15 is 0 Å². The number of carbonyl (C=O) groups excluding carboxylic acids is 2. The van der Waals surface area contributed by atoms with Gasteiger partial charge in [0.15, 0.2) is 5.82 Å². The van der Waals surface area contributed by atoms with Crippen molar-refractivity contribution in [2.45, 2.75) is 25.4 Å². The maximum absolute atomic E-state index is 11.6. The van der Waals surface area contributed by atoms with Crippen LogP contribution in [-0.4, -0.2) is 50.4 Å². The summed E-state index contributed by atoms with van der Waals surface area (Å²) in [7, 11) is 1.48. The van der Waals surface area contributed by atoms with E-state index in [0.717, 1.165) is 4.90 Å². The molecule has 2 N–H and O–H groups in total. The molecule has 1 aromatic heterocycles. The number of hydrogen-bond acceptors (Lipinski definition) is 6. The molecule has 2 atom stereocenters. The Hall–Kier alpha value is -1.83. The van der Waals surface area contributed by atoms with E-state index in [1.54, 1.807) is 6.92 Å². The number of tetrazole rings is 1. The predicted octanol–water partition coefficient (Wildman–Crippen LogP) is -1.39. The van der Waals surface area contributed by atoms with Crippen molar-refractivity contribution < 1.29 is 9.59 Å². The quantitative estimate of drug-likeness (QED) is 0.612. The third-order valence-corrected chi connectivity index (χ3v) is 2.58. The number of H-pyrrole nitrogens is 1. The number of rotatable bonds is 3. The SMILES string of the molecule is CC(NC1CC(=O)N(C)C1=O)c1nn[nH]n1.